The van der Waals surface area contributed by atoms with Crippen molar-refractivity contribution in [1.82, 2.24) is 0 Å². The largest absolute Gasteiger partial charge is 0.508 e. The van der Waals surface area contributed by atoms with E-state index in [0.717, 1.165) is 36.8 Å². The highest BCUT2D eigenvalue weighted by Crippen LogP contribution is 2.21. The molecule has 4 nitrogen and oxygen atoms in total. The Morgan fingerprint density at radius 2 is 2.18 bits per heavy atom. The molecule has 0 radical (unpaired) electrons. The molecule has 0 heterocycles. The topological polar surface area (TPSA) is 74.2 Å². The minimum absolute atomic E-state index is 0.199. The maximum atomic E-state index is 11.1. The number of carbonyl (C=O) groups excluding carboxylic acids is 1. The summed E-state index contributed by atoms with van der Waals surface area (Å²) in [5, 5.41) is 9.70. The van der Waals surface area contributed by atoms with Gasteiger partial charge in [-0.05, 0) is 30.0 Å². The fraction of sp³-hybridized carbons (Fsp3) is 0.462. The van der Waals surface area contributed by atoms with Crippen molar-refractivity contribution in [1.29, 1.82) is 0 Å². The fourth-order valence-electron chi connectivity index (χ4n) is 1.73. The normalized spacial score (nSPS) is 10.2. The number of unbranched alkanes of at least 4 members (excludes halogenated alkanes) is 2. The van der Waals surface area contributed by atoms with Crippen LogP contribution in [0.5, 0.6) is 5.75 Å². The van der Waals surface area contributed by atoms with Crippen molar-refractivity contribution < 1.29 is 20.6 Å². The number of hydrogen-bond acceptors (Lipinski definition) is 3. The van der Waals surface area contributed by atoms with Crippen LogP contribution in [-0.2, 0) is 22.5 Å². The van der Waals surface area contributed by atoms with E-state index in [2.05, 4.69) is 17.7 Å². The van der Waals surface area contributed by atoms with Gasteiger partial charge in [-0.2, -0.15) is 5.90 Å². The second kappa shape index (κ2) is 6.91. The standard InChI is InChI=1S/C13H19NO3/c1-2-3-4-5-11-8-10(6-7-12(11)15)9-13(16)17-14/h6-8H,2-5,9H2,1,14H3/p+1. The van der Waals surface area contributed by atoms with Crippen molar-refractivity contribution in [2.45, 2.75) is 39.0 Å². The fourth-order valence-corrected chi connectivity index (χ4v) is 1.73. The van der Waals surface area contributed by atoms with Gasteiger partial charge in [-0.15, -0.1) is 0 Å². The van der Waals surface area contributed by atoms with Crippen molar-refractivity contribution in [2.24, 2.45) is 0 Å². The van der Waals surface area contributed by atoms with E-state index in [1.165, 1.54) is 0 Å². The molecule has 0 aromatic heterocycles. The van der Waals surface area contributed by atoms with Crippen LogP contribution >= 0.6 is 0 Å². The highest BCUT2D eigenvalue weighted by molar-refractivity contribution is 5.71. The van der Waals surface area contributed by atoms with Gasteiger partial charge in [0.25, 0.3) is 0 Å². The Morgan fingerprint density at radius 3 is 2.82 bits per heavy atom. The number of aromatic hydroxyl groups is 1. The number of aryl methyl sites for hydroxylation is 1. The van der Waals surface area contributed by atoms with Crippen LogP contribution in [0.4, 0.5) is 0 Å². The molecule has 4 N–H and O–H groups in total. The summed E-state index contributed by atoms with van der Waals surface area (Å²) in [5.41, 5.74) is 1.75. The molecule has 17 heavy (non-hydrogen) atoms. The molecule has 0 saturated carbocycles. The van der Waals surface area contributed by atoms with Crippen LogP contribution in [0.3, 0.4) is 0 Å². The lowest BCUT2D eigenvalue weighted by Gasteiger charge is -2.06. The van der Waals surface area contributed by atoms with Crippen LogP contribution in [0.1, 0.15) is 37.3 Å². The molecule has 0 saturated heterocycles. The Hall–Kier alpha value is -1.55. The first-order valence-electron chi connectivity index (χ1n) is 5.93. The van der Waals surface area contributed by atoms with Crippen LogP contribution in [0.25, 0.3) is 0 Å². The summed E-state index contributed by atoms with van der Waals surface area (Å²) in [6.07, 6.45) is 4.38. The van der Waals surface area contributed by atoms with Crippen molar-refractivity contribution in [3.05, 3.63) is 29.3 Å². The Bertz CT molecular complexity index is 377. The van der Waals surface area contributed by atoms with Gasteiger partial charge < -0.3 is 5.11 Å². The zero-order valence-corrected chi connectivity index (χ0v) is 10.2. The number of benzene rings is 1. The zero-order chi connectivity index (χ0) is 12.7. The molecule has 4 heteroatoms. The molecule has 0 amide bonds. The molecule has 1 rings (SSSR count). The average molecular weight is 238 g/mol. The van der Waals surface area contributed by atoms with E-state index in [1.54, 1.807) is 12.1 Å². The van der Waals surface area contributed by atoms with E-state index in [1.807, 2.05) is 6.07 Å². The lowest BCUT2D eigenvalue weighted by Crippen LogP contribution is -2.51. The molecule has 0 unspecified atom stereocenters. The minimum Gasteiger partial charge on any atom is -0.508 e. The van der Waals surface area contributed by atoms with Gasteiger partial charge in [0.05, 0.1) is 6.42 Å². The Morgan fingerprint density at radius 1 is 1.41 bits per heavy atom. The number of quaternary nitrogens is 1. The zero-order valence-electron chi connectivity index (χ0n) is 10.2. The highest BCUT2D eigenvalue weighted by atomic mass is 16.7. The maximum absolute atomic E-state index is 11.1. The maximum Gasteiger partial charge on any atom is 0.370 e. The number of phenolic OH excluding ortho intramolecular Hbond substituents is 1. The second-order valence-corrected chi connectivity index (χ2v) is 4.11. The molecular formula is C13H20NO3+. The van der Waals surface area contributed by atoms with Crippen LogP contribution in [-0.4, -0.2) is 11.1 Å². The van der Waals surface area contributed by atoms with Gasteiger partial charge in [0.15, 0.2) is 0 Å². The Kier molecular flexibility index (Phi) is 5.49. The first kappa shape index (κ1) is 13.5. The molecule has 0 bridgehead atoms. The monoisotopic (exact) mass is 238 g/mol. The average Bonchev–Trinajstić information content (AvgIpc) is 2.33. The summed E-state index contributed by atoms with van der Waals surface area (Å²) in [4.78, 5) is 15.5. The first-order chi connectivity index (χ1) is 8.17. The second-order valence-electron chi connectivity index (χ2n) is 4.11. The molecule has 0 fully saturated rings. The number of phenols is 1. The molecular weight excluding hydrogens is 218 g/mol. The van der Waals surface area contributed by atoms with E-state index in [4.69, 9.17) is 0 Å². The van der Waals surface area contributed by atoms with E-state index in [-0.39, 0.29) is 12.4 Å². The third-order valence-corrected chi connectivity index (χ3v) is 2.70. The van der Waals surface area contributed by atoms with Crippen molar-refractivity contribution in [3.63, 3.8) is 0 Å². The summed E-state index contributed by atoms with van der Waals surface area (Å²) in [7, 11) is 0. The lowest BCUT2D eigenvalue weighted by molar-refractivity contribution is -0.657. The highest BCUT2D eigenvalue weighted by Gasteiger charge is 2.08. The predicted octanol–water partition coefficient (Wildman–Crippen LogP) is 1.37. The van der Waals surface area contributed by atoms with Gasteiger partial charge in [0.1, 0.15) is 5.75 Å². The van der Waals surface area contributed by atoms with E-state index in [0.29, 0.717) is 5.75 Å². The predicted molar refractivity (Wildman–Crippen MR) is 64.0 cm³/mol. The van der Waals surface area contributed by atoms with Gasteiger partial charge in [0, 0.05) is 0 Å². The molecule has 1 aromatic rings. The molecule has 1 aromatic carbocycles. The van der Waals surface area contributed by atoms with Crippen LogP contribution in [0, 0.1) is 0 Å². The quantitative estimate of drug-likeness (QED) is 0.580. The van der Waals surface area contributed by atoms with Gasteiger partial charge in [-0.3, -0.25) is 4.84 Å². The molecule has 94 valence electrons. The Balaban J connectivity index is 2.68. The van der Waals surface area contributed by atoms with Crippen molar-refractivity contribution in [3.8, 4) is 5.75 Å². The molecule has 0 aliphatic heterocycles. The van der Waals surface area contributed by atoms with Crippen LogP contribution < -0.4 is 5.90 Å². The smallest absolute Gasteiger partial charge is 0.370 e. The lowest BCUT2D eigenvalue weighted by atomic mass is 10.0. The first-order valence-corrected chi connectivity index (χ1v) is 5.93. The van der Waals surface area contributed by atoms with Gasteiger partial charge in [-0.1, -0.05) is 31.9 Å². The number of carbonyl (C=O) groups is 1. The summed E-state index contributed by atoms with van der Waals surface area (Å²) in [5.74, 6) is 3.02. The van der Waals surface area contributed by atoms with E-state index >= 15 is 0 Å². The van der Waals surface area contributed by atoms with Crippen LogP contribution in [0.15, 0.2) is 18.2 Å². The molecule has 0 aliphatic carbocycles. The number of hydrogen-bond donors (Lipinski definition) is 2. The molecule has 0 atom stereocenters. The van der Waals surface area contributed by atoms with Crippen molar-refractivity contribution in [2.75, 3.05) is 0 Å². The summed E-state index contributed by atoms with van der Waals surface area (Å²) in [6.45, 7) is 2.14. The Labute approximate surface area is 101 Å². The molecule has 0 spiro atoms. The van der Waals surface area contributed by atoms with Crippen molar-refractivity contribution >= 4 is 5.97 Å². The van der Waals surface area contributed by atoms with E-state index < -0.39 is 0 Å². The summed E-state index contributed by atoms with van der Waals surface area (Å²) >= 11 is 0. The number of rotatable bonds is 6. The van der Waals surface area contributed by atoms with Gasteiger partial charge >= 0.3 is 5.97 Å². The van der Waals surface area contributed by atoms with Gasteiger partial charge in [0.2, 0.25) is 0 Å². The summed E-state index contributed by atoms with van der Waals surface area (Å²) in [6, 6.07) is 5.23. The van der Waals surface area contributed by atoms with Gasteiger partial charge in [-0.25, -0.2) is 4.79 Å². The summed E-state index contributed by atoms with van der Waals surface area (Å²) < 4.78 is 0. The third kappa shape index (κ3) is 4.44. The SMILES string of the molecule is CCCCCc1cc(CC(=O)O[NH3+])ccc1O. The minimum atomic E-state index is -0.366. The van der Waals surface area contributed by atoms with E-state index in [9.17, 15) is 9.90 Å². The van der Waals surface area contributed by atoms with Crippen LogP contribution in [0.2, 0.25) is 0 Å². The molecule has 0 aliphatic rings. The third-order valence-electron chi connectivity index (χ3n) is 2.70.